The van der Waals surface area contributed by atoms with Gasteiger partial charge in [0, 0.05) is 6.54 Å². The zero-order valence-electron chi connectivity index (χ0n) is 11.5. The highest BCUT2D eigenvalue weighted by Gasteiger charge is 2.23. The molecule has 0 aliphatic heterocycles. The van der Waals surface area contributed by atoms with Gasteiger partial charge in [0.25, 0.3) is 5.88 Å². The van der Waals surface area contributed by atoms with Gasteiger partial charge in [0.15, 0.2) is 0 Å². The number of ether oxygens (including phenoxy) is 1. The Labute approximate surface area is 117 Å². The lowest BCUT2D eigenvalue weighted by Crippen LogP contribution is -2.09. The van der Waals surface area contributed by atoms with Gasteiger partial charge in [-0.2, -0.15) is 4.98 Å². The maximum atomic E-state index is 11.1. The van der Waals surface area contributed by atoms with Crippen LogP contribution >= 0.6 is 0 Å². The first-order valence-corrected chi connectivity index (χ1v) is 6.67. The van der Waals surface area contributed by atoms with Crippen LogP contribution in [-0.2, 0) is 0 Å². The number of hydrogen-bond acceptors (Lipinski definition) is 6. The second kappa shape index (κ2) is 6.83. The Bertz CT molecular complexity index is 516. The quantitative estimate of drug-likeness (QED) is 0.489. The van der Waals surface area contributed by atoms with E-state index in [1.807, 2.05) is 0 Å². The van der Waals surface area contributed by atoms with Crippen LogP contribution in [0.3, 0.4) is 0 Å². The Balaban J connectivity index is 2.01. The van der Waals surface area contributed by atoms with E-state index in [4.69, 9.17) is 4.74 Å². The molecule has 20 heavy (non-hydrogen) atoms. The molecule has 1 N–H and O–H groups in total. The molecule has 1 aliphatic rings. The maximum absolute atomic E-state index is 11.1. The fourth-order valence-electron chi connectivity index (χ4n) is 2.28. The number of nitro groups is 1. The molecule has 0 amide bonds. The lowest BCUT2D eigenvalue weighted by molar-refractivity contribution is -0.385. The Morgan fingerprint density at radius 2 is 2.30 bits per heavy atom. The van der Waals surface area contributed by atoms with E-state index in [0.717, 1.165) is 19.3 Å². The molecular weight excluding hydrogens is 260 g/mol. The predicted molar refractivity (Wildman–Crippen MR) is 74.9 cm³/mol. The van der Waals surface area contributed by atoms with Gasteiger partial charge >= 0.3 is 5.69 Å². The lowest BCUT2D eigenvalue weighted by Gasteiger charge is -2.13. The van der Waals surface area contributed by atoms with Crippen LogP contribution in [0, 0.1) is 10.1 Å². The molecule has 0 bridgehead atoms. The minimum absolute atomic E-state index is 0.0237. The molecule has 0 unspecified atom stereocenters. The largest absolute Gasteiger partial charge is 0.476 e. The third-order valence-corrected chi connectivity index (χ3v) is 3.29. The molecule has 0 saturated heterocycles. The van der Waals surface area contributed by atoms with E-state index >= 15 is 0 Å². The topological polar surface area (TPSA) is 90.2 Å². The summed E-state index contributed by atoms with van der Waals surface area (Å²) >= 11 is 0. The smallest absolute Gasteiger partial charge is 0.372 e. The SMILES string of the molecule is COc1ncnc(NCCC2=CCCCC2)c1[N+](=O)[O-]. The third-order valence-electron chi connectivity index (χ3n) is 3.29. The van der Waals surface area contributed by atoms with Crippen molar-refractivity contribution in [2.45, 2.75) is 32.1 Å². The van der Waals surface area contributed by atoms with Gasteiger partial charge in [0.1, 0.15) is 6.33 Å². The monoisotopic (exact) mass is 278 g/mol. The van der Waals surface area contributed by atoms with Crippen LogP contribution in [0.25, 0.3) is 0 Å². The first-order valence-electron chi connectivity index (χ1n) is 6.67. The second-order valence-corrected chi connectivity index (χ2v) is 4.62. The summed E-state index contributed by atoms with van der Waals surface area (Å²) in [6.45, 7) is 0.618. The van der Waals surface area contributed by atoms with Crippen molar-refractivity contribution >= 4 is 11.5 Å². The summed E-state index contributed by atoms with van der Waals surface area (Å²) in [5.41, 5.74) is 1.19. The number of nitrogens with zero attached hydrogens (tertiary/aromatic N) is 3. The van der Waals surface area contributed by atoms with Crippen molar-refractivity contribution in [2.24, 2.45) is 0 Å². The van der Waals surface area contributed by atoms with Crippen LogP contribution in [0.4, 0.5) is 11.5 Å². The van der Waals surface area contributed by atoms with Gasteiger partial charge in [0.2, 0.25) is 5.82 Å². The van der Waals surface area contributed by atoms with Crippen molar-refractivity contribution in [1.29, 1.82) is 0 Å². The Morgan fingerprint density at radius 1 is 1.45 bits per heavy atom. The zero-order valence-corrected chi connectivity index (χ0v) is 11.5. The summed E-state index contributed by atoms with van der Waals surface area (Å²) in [5.74, 6) is 0.183. The summed E-state index contributed by atoms with van der Waals surface area (Å²) in [5, 5.41) is 14.1. The maximum Gasteiger partial charge on any atom is 0.372 e. The van der Waals surface area contributed by atoms with Gasteiger partial charge in [-0.25, -0.2) is 4.98 Å². The fourth-order valence-corrected chi connectivity index (χ4v) is 2.28. The highest BCUT2D eigenvalue weighted by molar-refractivity contribution is 5.61. The van der Waals surface area contributed by atoms with Gasteiger partial charge in [-0.3, -0.25) is 10.1 Å². The molecule has 1 aliphatic carbocycles. The van der Waals surface area contributed by atoms with Crippen LogP contribution in [-0.4, -0.2) is 28.5 Å². The van der Waals surface area contributed by atoms with Crippen molar-refractivity contribution in [3.05, 3.63) is 28.1 Å². The molecule has 108 valence electrons. The van der Waals surface area contributed by atoms with Crippen molar-refractivity contribution < 1.29 is 9.66 Å². The van der Waals surface area contributed by atoms with Crippen LogP contribution in [0.5, 0.6) is 5.88 Å². The number of aromatic nitrogens is 2. The van der Waals surface area contributed by atoms with Gasteiger partial charge in [-0.15, -0.1) is 0 Å². The molecule has 0 fully saturated rings. The van der Waals surface area contributed by atoms with Crippen molar-refractivity contribution in [3.8, 4) is 5.88 Å². The molecule has 2 rings (SSSR count). The van der Waals surface area contributed by atoms with Crippen molar-refractivity contribution in [2.75, 3.05) is 19.0 Å². The number of anilines is 1. The Kier molecular flexibility index (Phi) is 4.86. The van der Waals surface area contributed by atoms with E-state index in [2.05, 4.69) is 21.4 Å². The predicted octanol–water partition coefficient (Wildman–Crippen LogP) is 2.70. The molecule has 1 heterocycles. The van der Waals surface area contributed by atoms with E-state index in [1.54, 1.807) is 0 Å². The number of nitrogens with one attached hydrogen (secondary N) is 1. The summed E-state index contributed by atoms with van der Waals surface area (Å²) in [4.78, 5) is 18.2. The Morgan fingerprint density at radius 3 is 2.95 bits per heavy atom. The van der Waals surface area contributed by atoms with Gasteiger partial charge in [-0.05, 0) is 32.1 Å². The molecule has 0 aromatic carbocycles. The average Bonchev–Trinajstić information content (AvgIpc) is 2.47. The van der Waals surface area contributed by atoms with Crippen LogP contribution in [0.1, 0.15) is 32.1 Å². The average molecular weight is 278 g/mol. The molecule has 7 nitrogen and oxygen atoms in total. The van der Waals surface area contributed by atoms with E-state index in [0.29, 0.717) is 6.54 Å². The van der Waals surface area contributed by atoms with Crippen molar-refractivity contribution in [1.82, 2.24) is 9.97 Å². The van der Waals surface area contributed by atoms with E-state index in [9.17, 15) is 10.1 Å². The van der Waals surface area contributed by atoms with Crippen LogP contribution < -0.4 is 10.1 Å². The number of rotatable bonds is 6. The molecule has 0 spiro atoms. The number of methoxy groups -OCH3 is 1. The standard InChI is InChI=1S/C13H18N4O3/c1-20-13-11(17(18)19)12(15-9-16-13)14-8-7-10-5-3-2-4-6-10/h5,9H,2-4,6-8H2,1H3,(H,14,15,16). The second-order valence-electron chi connectivity index (χ2n) is 4.62. The molecule has 1 aromatic heterocycles. The lowest BCUT2D eigenvalue weighted by atomic mass is 9.97. The molecule has 0 atom stereocenters. The molecule has 1 aromatic rings. The molecule has 0 radical (unpaired) electrons. The first kappa shape index (κ1) is 14.2. The molecule has 7 heteroatoms. The third kappa shape index (κ3) is 3.43. The highest BCUT2D eigenvalue weighted by atomic mass is 16.6. The summed E-state index contributed by atoms with van der Waals surface area (Å²) < 4.78 is 4.90. The van der Waals surface area contributed by atoms with Gasteiger partial charge in [-0.1, -0.05) is 11.6 Å². The molecular formula is C13H18N4O3. The zero-order chi connectivity index (χ0) is 14.4. The molecule has 0 saturated carbocycles. The van der Waals surface area contributed by atoms with E-state index in [-0.39, 0.29) is 17.4 Å². The van der Waals surface area contributed by atoms with Crippen LogP contribution in [0.2, 0.25) is 0 Å². The van der Waals surface area contributed by atoms with E-state index in [1.165, 1.54) is 31.9 Å². The number of hydrogen-bond donors (Lipinski definition) is 1. The summed E-state index contributed by atoms with van der Waals surface area (Å²) in [7, 11) is 1.35. The summed E-state index contributed by atoms with van der Waals surface area (Å²) in [6, 6.07) is 0. The fraction of sp³-hybridized carbons (Fsp3) is 0.538. The number of allylic oxidation sites excluding steroid dienone is 1. The summed E-state index contributed by atoms with van der Waals surface area (Å²) in [6.07, 6.45) is 9.14. The minimum atomic E-state index is -0.527. The van der Waals surface area contributed by atoms with Gasteiger partial charge in [0.05, 0.1) is 12.0 Å². The van der Waals surface area contributed by atoms with Crippen molar-refractivity contribution in [3.63, 3.8) is 0 Å². The highest BCUT2D eigenvalue weighted by Crippen LogP contribution is 2.30. The normalized spacial score (nSPS) is 14.6. The first-order chi connectivity index (χ1) is 9.72. The minimum Gasteiger partial charge on any atom is -0.476 e. The van der Waals surface area contributed by atoms with Gasteiger partial charge < -0.3 is 10.1 Å². The Hall–Kier alpha value is -2.18. The van der Waals surface area contributed by atoms with E-state index < -0.39 is 4.92 Å². The van der Waals surface area contributed by atoms with Crippen LogP contribution in [0.15, 0.2) is 18.0 Å².